The Hall–Kier alpha value is -3.26. The van der Waals surface area contributed by atoms with Crippen molar-refractivity contribution >= 4 is 29.5 Å². The van der Waals surface area contributed by atoms with Gasteiger partial charge in [-0.1, -0.05) is 42.5 Å². The predicted molar refractivity (Wildman–Crippen MR) is 121 cm³/mol. The first kappa shape index (κ1) is 22.0. The van der Waals surface area contributed by atoms with Crippen LogP contribution in [0.2, 0.25) is 0 Å². The highest BCUT2D eigenvalue weighted by atomic mass is 32.2. The predicted octanol–water partition coefficient (Wildman–Crippen LogP) is 2.66. The number of methoxy groups -OCH3 is 1. The summed E-state index contributed by atoms with van der Waals surface area (Å²) in [6.07, 6.45) is 0.202. The molecule has 2 heterocycles. The van der Waals surface area contributed by atoms with Gasteiger partial charge in [0.05, 0.1) is 13.5 Å². The van der Waals surface area contributed by atoms with E-state index in [1.165, 1.54) is 16.7 Å². The van der Waals surface area contributed by atoms with E-state index in [4.69, 9.17) is 9.47 Å². The Labute approximate surface area is 190 Å². The summed E-state index contributed by atoms with van der Waals surface area (Å²) < 4.78 is 10.6. The Morgan fingerprint density at radius 1 is 1.09 bits per heavy atom. The molecule has 2 aliphatic heterocycles. The van der Waals surface area contributed by atoms with Crippen molar-refractivity contribution in [3.63, 3.8) is 0 Å². The van der Waals surface area contributed by atoms with Crippen molar-refractivity contribution in [3.05, 3.63) is 77.0 Å². The highest BCUT2D eigenvalue weighted by Gasteiger charge is 2.53. The molecule has 1 unspecified atom stereocenters. The van der Waals surface area contributed by atoms with Gasteiger partial charge in [0.25, 0.3) is 5.91 Å². The third-order valence-corrected chi connectivity index (χ3v) is 6.83. The summed E-state index contributed by atoms with van der Waals surface area (Å²) in [5.74, 6) is 0.263. The van der Waals surface area contributed by atoms with Gasteiger partial charge >= 0.3 is 5.97 Å². The van der Waals surface area contributed by atoms with Crippen LogP contribution in [0.4, 0.5) is 0 Å². The molecule has 0 spiro atoms. The van der Waals surface area contributed by atoms with Crippen LogP contribution >= 0.6 is 11.8 Å². The number of β-lactam (4-membered cyclic amide) rings is 1. The van der Waals surface area contributed by atoms with E-state index >= 15 is 0 Å². The molecule has 1 N–H and O–H groups in total. The fraction of sp³-hybridized carbons (Fsp3) is 0.292. The summed E-state index contributed by atoms with van der Waals surface area (Å²) in [4.78, 5) is 39.5. The molecule has 166 valence electrons. The number of nitrogens with zero attached hydrogens (tertiary/aromatic N) is 1. The number of fused-ring (bicyclic) bond motifs is 1. The molecule has 0 aromatic heterocycles. The number of carbonyl (C=O) groups is 3. The van der Waals surface area contributed by atoms with E-state index in [0.717, 1.165) is 22.4 Å². The largest absolute Gasteiger partial charge is 0.497 e. The van der Waals surface area contributed by atoms with Crippen LogP contribution in [-0.4, -0.2) is 47.0 Å². The Bertz CT molecular complexity index is 1050. The van der Waals surface area contributed by atoms with Gasteiger partial charge in [-0.05, 0) is 35.8 Å². The molecule has 0 bridgehead atoms. The van der Waals surface area contributed by atoms with Crippen LogP contribution in [-0.2, 0) is 32.1 Å². The average molecular weight is 453 g/mol. The molecule has 2 aromatic carbocycles. The summed E-state index contributed by atoms with van der Waals surface area (Å²) in [5.41, 5.74) is 2.76. The minimum absolute atomic E-state index is 0.0939. The number of rotatable bonds is 7. The molecule has 2 aromatic rings. The maximum Gasteiger partial charge on any atom is 0.355 e. The van der Waals surface area contributed by atoms with Crippen LogP contribution in [0.3, 0.4) is 0 Å². The van der Waals surface area contributed by atoms with Crippen molar-refractivity contribution in [2.75, 3.05) is 12.9 Å². The second-order valence-corrected chi connectivity index (χ2v) is 8.78. The van der Waals surface area contributed by atoms with Gasteiger partial charge < -0.3 is 14.8 Å². The average Bonchev–Trinajstić information content (AvgIpc) is 2.81. The third-order valence-electron chi connectivity index (χ3n) is 5.41. The number of amides is 2. The first-order chi connectivity index (χ1) is 15.5. The minimum atomic E-state index is -0.645. The normalized spacial score (nSPS) is 19.7. The molecule has 0 saturated carbocycles. The van der Waals surface area contributed by atoms with Gasteiger partial charge in [-0.2, -0.15) is 0 Å². The molecule has 1 saturated heterocycles. The van der Waals surface area contributed by atoms with E-state index < -0.39 is 12.0 Å². The fourth-order valence-corrected chi connectivity index (χ4v) is 5.00. The van der Waals surface area contributed by atoms with Crippen molar-refractivity contribution in [3.8, 4) is 5.75 Å². The molecule has 32 heavy (non-hydrogen) atoms. The van der Waals surface area contributed by atoms with Crippen molar-refractivity contribution in [1.82, 2.24) is 10.2 Å². The van der Waals surface area contributed by atoms with Crippen LogP contribution < -0.4 is 10.1 Å². The fourth-order valence-electron chi connectivity index (χ4n) is 3.71. The summed E-state index contributed by atoms with van der Waals surface area (Å²) in [5, 5.41) is 2.51. The highest BCUT2D eigenvalue weighted by molar-refractivity contribution is 8.00. The molecule has 2 amide bonds. The van der Waals surface area contributed by atoms with Crippen LogP contribution in [0.1, 0.15) is 18.1 Å². The number of carbonyl (C=O) groups excluding carboxylic acids is 3. The van der Waals surface area contributed by atoms with Crippen molar-refractivity contribution in [2.45, 2.75) is 31.4 Å². The van der Waals surface area contributed by atoms with Gasteiger partial charge in [0.2, 0.25) is 5.91 Å². The number of benzene rings is 2. The van der Waals surface area contributed by atoms with Crippen LogP contribution in [0.15, 0.2) is 65.9 Å². The summed E-state index contributed by atoms with van der Waals surface area (Å²) in [6, 6.07) is 15.9. The third kappa shape index (κ3) is 4.50. The molecule has 2 atom stereocenters. The molecule has 1 fully saturated rings. The van der Waals surface area contributed by atoms with E-state index in [0.29, 0.717) is 5.75 Å². The first-order valence-electron chi connectivity index (χ1n) is 10.3. The number of hydrogen-bond donors (Lipinski definition) is 1. The maximum atomic E-state index is 12.8. The van der Waals surface area contributed by atoms with E-state index in [-0.39, 0.29) is 35.9 Å². The minimum Gasteiger partial charge on any atom is -0.497 e. The number of nitrogens with one attached hydrogen (secondary N) is 1. The van der Waals surface area contributed by atoms with Gasteiger partial charge in [-0.25, -0.2) is 4.79 Å². The Kier molecular flexibility index (Phi) is 6.50. The van der Waals surface area contributed by atoms with E-state index in [2.05, 4.69) is 5.32 Å². The number of esters is 1. The Morgan fingerprint density at radius 3 is 2.50 bits per heavy atom. The zero-order chi connectivity index (χ0) is 22.7. The smallest absolute Gasteiger partial charge is 0.355 e. The first-order valence-corrected chi connectivity index (χ1v) is 11.3. The van der Waals surface area contributed by atoms with Gasteiger partial charge in [-0.15, -0.1) is 11.8 Å². The van der Waals surface area contributed by atoms with Crippen LogP contribution in [0.25, 0.3) is 0 Å². The standard InChI is InChI=1S/C24H24N2O5S/c1-15-14-32-23-20(25-19(27)12-16-6-4-3-5-7-16)22(28)26(23)21(15)24(29)31-13-17-8-10-18(30-2)11-9-17/h3-11,20,23H,12-14H2,1-2H3,(H,25,27)/t20-,23?/m1/s1. The molecule has 0 aliphatic carbocycles. The van der Waals surface area contributed by atoms with E-state index in [9.17, 15) is 14.4 Å². The lowest BCUT2D eigenvalue weighted by molar-refractivity contribution is -0.153. The van der Waals surface area contributed by atoms with Gasteiger partial charge in [0.15, 0.2) is 0 Å². The number of hydrogen-bond acceptors (Lipinski definition) is 6. The summed E-state index contributed by atoms with van der Waals surface area (Å²) in [6.45, 7) is 1.92. The monoisotopic (exact) mass is 452 g/mol. The molecule has 0 radical (unpaired) electrons. The lowest BCUT2D eigenvalue weighted by Gasteiger charge is -2.49. The number of thioether (sulfide) groups is 1. The molecular weight excluding hydrogens is 428 g/mol. The van der Waals surface area contributed by atoms with Crippen molar-refractivity contribution in [2.24, 2.45) is 0 Å². The molecule has 4 rings (SSSR count). The molecule has 7 nitrogen and oxygen atoms in total. The topological polar surface area (TPSA) is 84.9 Å². The van der Waals surface area contributed by atoms with E-state index in [1.54, 1.807) is 19.2 Å². The maximum absolute atomic E-state index is 12.8. The molecular formula is C24H24N2O5S. The van der Waals surface area contributed by atoms with Crippen LogP contribution in [0.5, 0.6) is 5.75 Å². The highest BCUT2D eigenvalue weighted by Crippen LogP contribution is 2.40. The second-order valence-electron chi connectivity index (χ2n) is 7.67. The summed E-state index contributed by atoms with van der Waals surface area (Å²) in [7, 11) is 1.59. The van der Waals surface area contributed by atoms with Gasteiger partial charge in [-0.3, -0.25) is 14.5 Å². The Morgan fingerprint density at radius 2 is 1.81 bits per heavy atom. The van der Waals surface area contributed by atoms with Crippen molar-refractivity contribution in [1.29, 1.82) is 0 Å². The lowest BCUT2D eigenvalue weighted by atomic mass is 10.0. The number of ether oxygens (including phenoxy) is 2. The molecule has 2 aliphatic rings. The van der Waals surface area contributed by atoms with Crippen LogP contribution in [0, 0.1) is 0 Å². The van der Waals surface area contributed by atoms with Crippen molar-refractivity contribution < 1.29 is 23.9 Å². The Balaban J connectivity index is 1.37. The summed E-state index contributed by atoms with van der Waals surface area (Å²) >= 11 is 1.53. The van der Waals surface area contributed by atoms with E-state index in [1.807, 2.05) is 49.4 Å². The quantitative estimate of drug-likeness (QED) is 0.514. The SMILES string of the molecule is COc1ccc(COC(=O)C2=C(C)CSC3[C@H](NC(=O)Cc4ccccc4)C(=O)N23)cc1. The van der Waals surface area contributed by atoms with Gasteiger partial charge in [0.1, 0.15) is 29.5 Å². The zero-order valence-electron chi connectivity index (χ0n) is 17.9. The lowest BCUT2D eigenvalue weighted by Crippen LogP contribution is -2.70. The molecule has 8 heteroatoms. The zero-order valence-corrected chi connectivity index (χ0v) is 18.7. The second kappa shape index (κ2) is 9.48. The van der Waals surface area contributed by atoms with Gasteiger partial charge in [0, 0.05) is 5.75 Å².